The number of fused-ring (bicyclic) bond motifs is 1. The normalized spacial score (nSPS) is 22.3. The van der Waals surface area contributed by atoms with Crippen molar-refractivity contribution in [2.24, 2.45) is 0 Å². The minimum absolute atomic E-state index is 0.00380. The molecule has 2 amide bonds. The number of para-hydroxylation sites is 2. The van der Waals surface area contributed by atoms with Crippen LogP contribution >= 0.6 is 0 Å². The van der Waals surface area contributed by atoms with Crippen molar-refractivity contribution in [3.8, 4) is 5.75 Å². The van der Waals surface area contributed by atoms with Gasteiger partial charge in [0.05, 0.1) is 11.7 Å². The molecule has 2 atom stereocenters. The van der Waals surface area contributed by atoms with Gasteiger partial charge in [0.15, 0.2) is 6.10 Å². The van der Waals surface area contributed by atoms with Crippen molar-refractivity contribution in [2.75, 3.05) is 18.0 Å². The van der Waals surface area contributed by atoms with Crippen LogP contribution in [0.3, 0.4) is 0 Å². The molecular formula is C19H22N4O3. The number of hydrogen-bond donors (Lipinski definition) is 1. The van der Waals surface area contributed by atoms with Crippen LogP contribution in [0.5, 0.6) is 5.75 Å². The van der Waals surface area contributed by atoms with Gasteiger partial charge in [-0.2, -0.15) is 0 Å². The van der Waals surface area contributed by atoms with Crippen molar-refractivity contribution >= 4 is 17.5 Å². The fraction of sp³-hybridized carbons (Fsp3) is 0.421. The lowest BCUT2D eigenvalue weighted by atomic mass is 10.1. The van der Waals surface area contributed by atoms with Gasteiger partial charge in [-0.25, -0.2) is 4.98 Å². The summed E-state index contributed by atoms with van der Waals surface area (Å²) in [4.78, 5) is 36.3. The molecule has 4 rings (SSSR count). The van der Waals surface area contributed by atoms with E-state index in [1.807, 2.05) is 29.2 Å². The molecule has 1 aromatic carbocycles. The molecule has 1 fully saturated rings. The highest BCUT2D eigenvalue weighted by atomic mass is 16.5. The Hall–Kier alpha value is -2.83. The van der Waals surface area contributed by atoms with E-state index in [4.69, 9.17) is 4.74 Å². The highest BCUT2D eigenvalue weighted by molar-refractivity contribution is 6.00. The van der Waals surface area contributed by atoms with Crippen LogP contribution in [0.1, 0.15) is 38.1 Å². The monoisotopic (exact) mass is 354 g/mol. The maximum atomic E-state index is 12.8. The zero-order valence-electron chi connectivity index (χ0n) is 14.7. The number of amides is 2. The molecule has 1 saturated heterocycles. The second kappa shape index (κ2) is 6.82. The van der Waals surface area contributed by atoms with E-state index in [1.54, 1.807) is 24.2 Å². The van der Waals surface area contributed by atoms with Crippen LogP contribution in [0.2, 0.25) is 0 Å². The summed E-state index contributed by atoms with van der Waals surface area (Å²) >= 11 is 0. The molecule has 26 heavy (non-hydrogen) atoms. The maximum absolute atomic E-state index is 12.8. The van der Waals surface area contributed by atoms with Crippen molar-refractivity contribution in [1.82, 2.24) is 14.9 Å². The molecule has 136 valence electrons. The Morgan fingerprint density at radius 3 is 3.04 bits per heavy atom. The van der Waals surface area contributed by atoms with Gasteiger partial charge in [-0.05, 0) is 31.9 Å². The van der Waals surface area contributed by atoms with E-state index in [1.165, 1.54) is 0 Å². The van der Waals surface area contributed by atoms with Crippen LogP contribution in [0.25, 0.3) is 0 Å². The molecule has 7 heteroatoms. The molecule has 2 unspecified atom stereocenters. The van der Waals surface area contributed by atoms with E-state index >= 15 is 0 Å². The quantitative estimate of drug-likeness (QED) is 0.914. The first-order valence-electron chi connectivity index (χ1n) is 9.01. The number of carbonyl (C=O) groups excluding carboxylic acids is 2. The summed E-state index contributed by atoms with van der Waals surface area (Å²) in [7, 11) is 0. The standard InChI is InChI=1S/C19H22N4O3/c1-13-19(25)23(14-5-2-3-7-16(14)26-13)12-8-17(24)22-11-4-6-15(22)18-20-9-10-21-18/h2-3,5,7,9-10,13,15H,4,6,8,11-12H2,1H3,(H,20,21). The van der Waals surface area contributed by atoms with Crippen LogP contribution in [-0.4, -0.2) is 45.9 Å². The fourth-order valence-electron chi connectivity index (χ4n) is 3.75. The summed E-state index contributed by atoms with van der Waals surface area (Å²) in [6, 6.07) is 7.45. The Kier molecular flexibility index (Phi) is 4.36. The first-order chi connectivity index (χ1) is 12.6. The van der Waals surface area contributed by atoms with Crippen molar-refractivity contribution < 1.29 is 14.3 Å². The molecule has 7 nitrogen and oxygen atoms in total. The Balaban J connectivity index is 1.47. The van der Waals surface area contributed by atoms with Gasteiger partial charge in [-0.15, -0.1) is 0 Å². The van der Waals surface area contributed by atoms with E-state index in [0.717, 1.165) is 30.9 Å². The largest absolute Gasteiger partial charge is 0.479 e. The van der Waals surface area contributed by atoms with Crippen molar-refractivity contribution in [3.05, 3.63) is 42.5 Å². The Labute approximate surface area is 152 Å². The fourth-order valence-corrected chi connectivity index (χ4v) is 3.75. The number of nitrogens with one attached hydrogen (secondary N) is 1. The summed E-state index contributed by atoms with van der Waals surface area (Å²) in [6.07, 6.45) is 5.11. The third-order valence-corrected chi connectivity index (χ3v) is 5.03. The summed E-state index contributed by atoms with van der Waals surface area (Å²) < 4.78 is 5.65. The van der Waals surface area contributed by atoms with Crippen LogP contribution < -0.4 is 9.64 Å². The van der Waals surface area contributed by atoms with Crippen LogP contribution in [-0.2, 0) is 9.59 Å². The predicted octanol–water partition coefficient (Wildman–Crippen LogP) is 2.28. The zero-order valence-corrected chi connectivity index (χ0v) is 14.7. The first-order valence-corrected chi connectivity index (χ1v) is 9.01. The molecule has 1 N–H and O–H groups in total. The Morgan fingerprint density at radius 1 is 1.38 bits per heavy atom. The summed E-state index contributed by atoms with van der Waals surface area (Å²) in [5.74, 6) is 1.45. The number of rotatable bonds is 4. The third-order valence-electron chi connectivity index (χ3n) is 5.03. The van der Waals surface area contributed by atoms with Crippen molar-refractivity contribution in [3.63, 3.8) is 0 Å². The number of nitrogens with zero attached hydrogens (tertiary/aromatic N) is 3. The number of benzene rings is 1. The lowest BCUT2D eigenvalue weighted by Gasteiger charge is -2.33. The summed E-state index contributed by atoms with van der Waals surface area (Å²) in [6.45, 7) is 2.82. The minimum Gasteiger partial charge on any atom is -0.479 e. The van der Waals surface area contributed by atoms with E-state index < -0.39 is 6.10 Å². The number of ether oxygens (including phenoxy) is 1. The van der Waals surface area contributed by atoms with Crippen molar-refractivity contribution in [1.29, 1.82) is 0 Å². The number of carbonyl (C=O) groups is 2. The second-order valence-corrected chi connectivity index (χ2v) is 6.69. The van der Waals surface area contributed by atoms with Gasteiger partial charge in [0, 0.05) is 31.9 Å². The highest BCUT2D eigenvalue weighted by Gasteiger charge is 2.34. The van der Waals surface area contributed by atoms with Gasteiger partial charge in [0.1, 0.15) is 11.6 Å². The summed E-state index contributed by atoms with van der Waals surface area (Å²) in [5.41, 5.74) is 0.729. The zero-order chi connectivity index (χ0) is 18.1. The minimum atomic E-state index is -0.539. The van der Waals surface area contributed by atoms with Gasteiger partial charge in [0.25, 0.3) is 5.91 Å². The number of imidazole rings is 1. The van der Waals surface area contributed by atoms with Gasteiger partial charge in [0.2, 0.25) is 5.91 Å². The average molecular weight is 354 g/mol. The van der Waals surface area contributed by atoms with E-state index in [9.17, 15) is 9.59 Å². The number of likely N-dealkylation sites (tertiary alicyclic amines) is 1. The average Bonchev–Trinajstić information content (AvgIpc) is 3.33. The van der Waals surface area contributed by atoms with Gasteiger partial charge < -0.3 is 19.5 Å². The molecule has 0 radical (unpaired) electrons. The van der Waals surface area contributed by atoms with Crippen molar-refractivity contribution in [2.45, 2.75) is 38.3 Å². The number of aromatic nitrogens is 2. The predicted molar refractivity (Wildman–Crippen MR) is 95.8 cm³/mol. The van der Waals surface area contributed by atoms with Gasteiger partial charge in [-0.1, -0.05) is 12.1 Å². The summed E-state index contributed by atoms with van der Waals surface area (Å²) in [5, 5.41) is 0. The molecule has 3 heterocycles. The molecule has 2 aliphatic heterocycles. The van der Waals surface area contributed by atoms with Crippen LogP contribution in [0.15, 0.2) is 36.7 Å². The maximum Gasteiger partial charge on any atom is 0.267 e. The van der Waals surface area contributed by atoms with E-state index in [0.29, 0.717) is 12.3 Å². The van der Waals surface area contributed by atoms with Gasteiger partial charge in [-0.3, -0.25) is 9.59 Å². The first kappa shape index (κ1) is 16.6. The lowest BCUT2D eigenvalue weighted by molar-refractivity contribution is -0.132. The molecule has 0 bridgehead atoms. The molecular weight excluding hydrogens is 332 g/mol. The molecule has 2 aliphatic rings. The van der Waals surface area contributed by atoms with E-state index in [-0.39, 0.29) is 24.3 Å². The highest BCUT2D eigenvalue weighted by Crippen LogP contribution is 2.34. The number of aromatic amines is 1. The topological polar surface area (TPSA) is 78.5 Å². The molecule has 0 saturated carbocycles. The number of H-pyrrole nitrogens is 1. The van der Waals surface area contributed by atoms with Crippen LogP contribution in [0, 0.1) is 0 Å². The van der Waals surface area contributed by atoms with Crippen LogP contribution in [0.4, 0.5) is 5.69 Å². The van der Waals surface area contributed by atoms with E-state index in [2.05, 4.69) is 9.97 Å². The SMILES string of the molecule is CC1Oc2ccccc2N(CCC(=O)N2CCCC2c2ncc[nH]2)C1=O. The molecule has 0 spiro atoms. The smallest absolute Gasteiger partial charge is 0.267 e. The second-order valence-electron chi connectivity index (χ2n) is 6.69. The Bertz CT molecular complexity index is 805. The molecule has 2 aromatic rings. The molecule has 0 aliphatic carbocycles. The number of anilines is 1. The molecule has 1 aromatic heterocycles. The Morgan fingerprint density at radius 2 is 2.23 bits per heavy atom. The number of hydrogen-bond acceptors (Lipinski definition) is 4. The lowest BCUT2D eigenvalue weighted by Crippen LogP contribution is -2.46. The third kappa shape index (κ3) is 2.94. The van der Waals surface area contributed by atoms with Gasteiger partial charge >= 0.3 is 0 Å².